The highest BCUT2D eigenvalue weighted by molar-refractivity contribution is 9.10. The fraction of sp³-hybridized carbons (Fsp3) is 0.190. The summed E-state index contributed by atoms with van der Waals surface area (Å²) in [5.41, 5.74) is 1.82. The molecule has 0 atom stereocenters. The first-order valence-electron chi connectivity index (χ1n) is 9.38. The summed E-state index contributed by atoms with van der Waals surface area (Å²) in [5.74, 6) is -0.297. The third-order valence-electron chi connectivity index (χ3n) is 4.78. The molecule has 158 valence electrons. The lowest BCUT2D eigenvalue weighted by molar-refractivity contribution is -0.143. The number of carbonyl (C=O) groups excluding carboxylic acids is 2. The van der Waals surface area contributed by atoms with Crippen LogP contribution in [0.15, 0.2) is 51.7 Å². The van der Waals surface area contributed by atoms with Crippen LogP contribution in [-0.4, -0.2) is 37.6 Å². The van der Waals surface area contributed by atoms with Gasteiger partial charge in [-0.15, -0.1) is 10.2 Å². The number of halogens is 1. The molecule has 0 unspecified atom stereocenters. The van der Waals surface area contributed by atoms with Gasteiger partial charge in [-0.05, 0) is 37.3 Å². The third-order valence-corrected chi connectivity index (χ3v) is 5.28. The Balaban J connectivity index is 1.50. The van der Waals surface area contributed by atoms with Crippen LogP contribution in [0.25, 0.3) is 16.7 Å². The first kappa shape index (κ1) is 20.7. The molecular formula is C21H18BrN5O4. The molecule has 4 aromatic rings. The van der Waals surface area contributed by atoms with E-state index in [-0.39, 0.29) is 24.6 Å². The van der Waals surface area contributed by atoms with E-state index in [2.05, 4.69) is 31.4 Å². The molecule has 2 heterocycles. The van der Waals surface area contributed by atoms with Gasteiger partial charge in [0.05, 0.1) is 10.9 Å². The molecule has 31 heavy (non-hydrogen) atoms. The van der Waals surface area contributed by atoms with Gasteiger partial charge in [0.25, 0.3) is 11.5 Å². The van der Waals surface area contributed by atoms with Crippen LogP contribution in [0.5, 0.6) is 0 Å². The van der Waals surface area contributed by atoms with Crippen molar-refractivity contribution in [3.05, 3.63) is 74.2 Å². The predicted octanol–water partition coefficient (Wildman–Crippen LogP) is 2.13. The van der Waals surface area contributed by atoms with Crippen LogP contribution in [0.3, 0.4) is 0 Å². The quantitative estimate of drug-likeness (QED) is 0.435. The van der Waals surface area contributed by atoms with Gasteiger partial charge in [0.15, 0.2) is 12.4 Å². The summed E-state index contributed by atoms with van der Waals surface area (Å²) in [6, 6.07) is 12.3. The van der Waals surface area contributed by atoms with Crippen molar-refractivity contribution in [1.29, 1.82) is 0 Å². The Morgan fingerprint density at radius 1 is 1.16 bits per heavy atom. The molecule has 1 amide bonds. The minimum atomic E-state index is -0.620. The molecule has 0 aliphatic carbocycles. The number of nitrogens with one attached hydrogen (secondary N) is 1. The summed E-state index contributed by atoms with van der Waals surface area (Å²) in [6.45, 7) is 1.45. The number of nitrogens with zero attached hydrogens (tertiary/aromatic N) is 4. The molecule has 0 bridgehead atoms. The second kappa shape index (κ2) is 8.31. The molecule has 4 rings (SSSR count). The average molecular weight is 484 g/mol. The number of aromatic nitrogens is 4. The van der Waals surface area contributed by atoms with E-state index in [1.807, 2.05) is 19.1 Å². The number of ether oxygens (including phenoxy) is 1. The maximum absolute atomic E-state index is 12.6. The first-order chi connectivity index (χ1) is 14.8. The Morgan fingerprint density at radius 3 is 2.74 bits per heavy atom. The largest absolute Gasteiger partial charge is 0.456 e. The van der Waals surface area contributed by atoms with Crippen molar-refractivity contribution in [2.75, 3.05) is 6.54 Å². The Labute approximate surface area is 184 Å². The summed E-state index contributed by atoms with van der Waals surface area (Å²) in [6.07, 6.45) is 0. The third kappa shape index (κ3) is 4.06. The normalized spacial score (nSPS) is 11.1. The Bertz CT molecular complexity index is 1390. The lowest BCUT2D eigenvalue weighted by Gasteiger charge is -2.09. The maximum Gasteiger partial charge on any atom is 0.325 e. The van der Waals surface area contributed by atoms with E-state index in [0.717, 1.165) is 10.0 Å². The molecule has 0 spiro atoms. The summed E-state index contributed by atoms with van der Waals surface area (Å²) in [5, 5.41) is 11.2. The second-order valence-electron chi connectivity index (χ2n) is 6.99. The highest BCUT2D eigenvalue weighted by Crippen LogP contribution is 2.16. The van der Waals surface area contributed by atoms with Crippen LogP contribution >= 0.6 is 15.9 Å². The van der Waals surface area contributed by atoms with Gasteiger partial charge in [-0.1, -0.05) is 33.6 Å². The van der Waals surface area contributed by atoms with E-state index in [1.54, 1.807) is 41.8 Å². The van der Waals surface area contributed by atoms with Gasteiger partial charge in [0.1, 0.15) is 6.54 Å². The van der Waals surface area contributed by atoms with E-state index in [9.17, 15) is 14.4 Å². The lowest BCUT2D eigenvalue weighted by atomic mass is 10.1. The van der Waals surface area contributed by atoms with E-state index in [1.165, 1.54) is 4.57 Å². The molecule has 1 N–H and O–H groups in total. The summed E-state index contributed by atoms with van der Waals surface area (Å²) in [7, 11) is 1.61. The molecule has 0 aliphatic rings. The van der Waals surface area contributed by atoms with Crippen molar-refractivity contribution in [2.45, 2.75) is 13.5 Å². The predicted molar refractivity (Wildman–Crippen MR) is 117 cm³/mol. The van der Waals surface area contributed by atoms with E-state index < -0.39 is 5.97 Å². The number of benzene rings is 2. The van der Waals surface area contributed by atoms with Gasteiger partial charge in [0.2, 0.25) is 5.78 Å². The Morgan fingerprint density at radius 2 is 1.97 bits per heavy atom. The average Bonchev–Trinajstić information content (AvgIpc) is 3.18. The van der Waals surface area contributed by atoms with Crippen molar-refractivity contribution in [2.24, 2.45) is 7.05 Å². The van der Waals surface area contributed by atoms with Crippen molar-refractivity contribution in [3.63, 3.8) is 0 Å². The van der Waals surface area contributed by atoms with Crippen molar-refractivity contribution in [3.8, 4) is 0 Å². The van der Waals surface area contributed by atoms with Crippen LogP contribution in [0.2, 0.25) is 0 Å². The molecule has 2 aromatic heterocycles. The van der Waals surface area contributed by atoms with Crippen LogP contribution < -0.4 is 10.9 Å². The number of hydrogen-bond acceptors (Lipinski definition) is 6. The smallest absolute Gasteiger partial charge is 0.325 e. The standard InChI is InChI=1S/C21H18BrN5O4/c1-12-6-7-16-15(8-12)20(30)26(2)21-25-24-17(27(16)21)11-31-18(28)10-23-19(29)13-4-3-5-14(22)9-13/h3-9H,10-11H2,1-2H3,(H,23,29). The van der Waals surface area contributed by atoms with Gasteiger partial charge in [-0.2, -0.15) is 0 Å². The Kier molecular flexibility index (Phi) is 5.55. The van der Waals surface area contributed by atoms with Crippen LogP contribution in [-0.2, 0) is 23.2 Å². The molecule has 0 radical (unpaired) electrons. The second-order valence-corrected chi connectivity index (χ2v) is 7.91. The summed E-state index contributed by atoms with van der Waals surface area (Å²) >= 11 is 3.30. The number of fused-ring (bicyclic) bond motifs is 3. The zero-order valence-corrected chi connectivity index (χ0v) is 18.3. The van der Waals surface area contributed by atoms with Crippen LogP contribution in [0.4, 0.5) is 0 Å². The van der Waals surface area contributed by atoms with Crippen molar-refractivity contribution in [1.82, 2.24) is 24.5 Å². The number of carbonyl (C=O) groups is 2. The molecule has 0 saturated carbocycles. The van der Waals surface area contributed by atoms with Crippen LogP contribution in [0, 0.1) is 6.92 Å². The minimum Gasteiger partial charge on any atom is -0.456 e. The SMILES string of the molecule is Cc1ccc2c(c1)c(=O)n(C)c1nnc(COC(=O)CNC(=O)c3cccc(Br)c3)n21. The molecule has 0 fully saturated rings. The first-order valence-corrected chi connectivity index (χ1v) is 10.2. The number of amides is 1. The molecule has 10 heteroatoms. The van der Waals surface area contributed by atoms with Gasteiger partial charge in [0, 0.05) is 17.1 Å². The number of esters is 1. The van der Waals surface area contributed by atoms with Gasteiger partial charge >= 0.3 is 5.97 Å². The maximum atomic E-state index is 12.6. The zero-order chi connectivity index (χ0) is 22.1. The molecule has 9 nitrogen and oxygen atoms in total. The van der Waals surface area contributed by atoms with Gasteiger partial charge in [-0.3, -0.25) is 23.4 Å². The minimum absolute atomic E-state index is 0.159. The number of rotatable bonds is 5. The molecule has 0 aliphatic heterocycles. The Hall–Kier alpha value is -3.53. The van der Waals surface area contributed by atoms with Crippen LogP contribution in [0.1, 0.15) is 21.7 Å². The monoisotopic (exact) mass is 483 g/mol. The highest BCUT2D eigenvalue weighted by atomic mass is 79.9. The fourth-order valence-corrected chi connectivity index (χ4v) is 3.63. The number of hydrogen-bond donors (Lipinski definition) is 1. The van der Waals surface area contributed by atoms with E-state index >= 15 is 0 Å². The molecule has 2 aromatic carbocycles. The van der Waals surface area contributed by atoms with Crippen molar-refractivity contribution < 1.29 is 14.3 Å². The summed E-state index contributed by atoms with van der Waals surface area (Å²) < 4.78 is 9.12. The van der Waals surface area contributed by atoms with Gasteiger partial charge in [-0.25, -0.2) is 0 Å². The van der Waals surface area contributed by atoms with Crippen molar-refractivity contribution >= 4 is 44.5 Å². The lowest BCUT2D eigenvalue weighted by Crippen LogP contribution is -2.30. The zero-order valence-electron chi connectivity index (χ0n) is 16.8. The highest BCUT2D eigenvalue weighted by Gasteiger charge is 2.16. The number of aryl methyl sites for hydroxylation is 2. The van der Waals surface area contributed by atoms with E-state index in [0.29, 0.717) is 28.1 Å². The van der Waals surface area contributed by atoms with Gasteiger partial charge < -0.3 is 10.1 Å². The van der Waals surface area contributed by atoms with E-state index in [4.69, 9.17) is 4.74 Å². The molecular weight excluding hydrogens is 466 g/mol. The molecule has 0 saturated heterocycles. The topological polar surface area (TPSA) is 108 Å². The summed E-state index contributed by atoms with van der Waals surface area (Å²) in [4.78, 5) is 36.9. The fourth-order valence-electron chi connectivity index (χ4n) is 3.23.